The van der Waals surface area contributed by atoms with Crippen LogP contribution in [-0.2, 0) is 16.6 Å². The molecule has 0 fully saturated rings. The van der Waals surface area contributed by atoms with Crippen molar-refractivity contribution in [2.45, 2.75) is 11.4 Å². The molecule has 11 heteroatoms. The maximum absolute atomic E-state index is 12.5. The minimum absolute atomic E-state index is 0.162. The number of benzene rings is 2. The topological polar surface area (TPSA) is 105 Å². The van der Waals surface area contributed by atoms with Crippen molar-refractivity contribution in [1.29, 1.82) is 0 Å². The van der Waals surface area contributed by atoms with Gasteiger partial charge in [-0.05, 0) is 44.4 Å². The first kappa shape index (κ1) is 23.9. The van der Waals surface area contributed by atoms with Crippen LogP contribution < -0.4 is 14.4 Å². The third-order valence-electron chi connectivity index (χ3n) is 4.37. The molecule has 0 aliphatic rings. The Hall–Kier alpha value is -2.40. The fourth-order valence-electron chi connectivity index (χ4n) is 2.84. The second-order valence-electron chi connectivity index (χ2n) is 6.92. The fourth-order valence-corrected chi connectivity index (χ4v) is 4.07. The zero-order chi connectivity index (χ0) is 22.5. The number of hydrogen-bond acceptors (Lipinski definition) is 7. The Kier molecular flexibility index (Phi) is 8.02. The molecule has 2 aromatic rings. The molecule has 1 N–H and O–H groups in total. The number of anilines is 1. The summed E-state index contributed by atoms with van der Waals surface area (Å²) in [5.41, 5.74) is 0.701. The van der Waals surface area contributed by atoms with Crippen molar-refractivity contribution >= 4 is 33.0 Å². The molecule has 2 rings (SSSR count). The Morgan fingerprint density at radius 3 is 2.47 bits per heavy atom. The van der Waals surface area contributed by atoms with E-state index < -0.39 is 14.9 Å². The molecule has 0 aliphatic heterocycles. The molecule has 2 aromatic carbocycles. The van der Waals surface area contributed by atoms with E-state index >= 15 is 0 Å². The van der Waals surface area contributed by atoms with E-state index in [0.717, 1.165) is 11.6 Å². The summed E-state index contributed by atoms with van der Waals surface area (Å²) in [5, 5.41) is 12.2. The molecule has 0 bridgehead atoms. The van der Waals surface area contributed by atoms with Crippen LogP contribution in [0.2, 0.25) is 5.02 Å². The summed E-state index contributed by atoms with van der Waals surface area (Å²) < 4.78 is 32.7. The van der Waals surface area contributed by atoms with E-state index in [1.165, 1.54) is 19.2 Å². The smallest absolute Gasteiger partial charge is 0.293 e. The molecule has 0 saturated heterocycles. The summed E-state index contributed by atoms with van der Waals surface area (Å²) in [6.45, 7) is 0.973. The molecule has 0 heterocycles. The van der Waals surface area contributed by atoms with E-state index in [2.05, 4.69) is 4.72 Å². The van der Waals surface area contributed by atoms with Gasteiger partial charge in [-0.2, -0.15) is 0 Å². The highest BCUT2D eigenvalue weighted by atomic mass is 35.5. The molecule has 0 aromatic heterocycles. The van der Waals surface area contributed by atoms with E-state index in [1.807, 2.05) is 19.0 Å². The lowest BCUT2D eigenvalue weighted by Crippen LogP contribution is -2.31. The van der Waals surface area contributed by atoms with Crippen LogP contribution in [0.5, 0.6) is 5.75 Å². The van der Waals surface area contributed by atoms with Crippen molar-refractivity contribution in [3.05, 3.63) is 57.1 Å². The summed E-state index contributed by atoms with van der Waals surface area (Å²) in [6.07, 6.45) is 0. The van der Waals surface area contributed by atoms with Crippen molar-refractivity contribution in [3.63, 3.8) is 0 Å². The van der Waals surface area contributed by atoms with Crippen molar-refractivity contribution in [3.8, 4) is 5.75 Å². The highest BCUT2D eigenvalue weighted by molar-refractivity contribution is 7.89. The Labute approximate surface area is 181 Å². The second kappa shape index (κ2) is 10.1. The van der Waals surface area contributed by atoms with Crippen LogP contribution in [0.4, 0.5) is 11.4 Å². The van der Waals surface area contributed by atoms with Gasteiger partial charge in [-0.15, -0.1) is 0 Å². The van der Waals surface area contributed by atoms with Gasteiger partial charge in [0.15, 0.2) is 0 Å². The summed E-state index contributed by atoms with van der Waals surface area (Å²) in [5.74, 6) is 0.596. The van der Waals surface area contributed by atoms with Crippen LogP contribution in [-0.4, -0.2) is 59.6 Å². The third kappa shape index (κ3) is 6.05. The number of nitro groups is 1. The van der Waals surface area contributed by atoms with Crippen molar-refractivity contribution in [1.82, 2.24) is 9.62 Å². The summed E-state index contributed by atoms with van der Waals surface area (Å²) >= 11 is 6.06. The molecule has 0 saturated carbocycles. The minimum Gasteiger partial charge on any atom is -0.496 e. The molecule has 0 aliphatic carbocycles. The molecule has 0 atom stereocenters. The zero-order valence-corrected chi connectivity index (χ0v) is 18.8. The lowest BCUT2D eigenvalue weighted by atomic mass is 10.1. The first-order chi connectivity index (χ1) is 14.0. The predicted molar refractivity (Wildman–Crippen MR) is 117 cm³/mol. The number of methoxy groups -OCH3 is 1. The zero-order valence-electron chi connectivity index (χ0n) is 17.3. The monoisotopic (exact) mass is 456 g/mol. The molecule has 9 nitrogen and oxygen atoms in total. The molecular formula is C19H25ClN4O5S. The Balaban J connectivity index is 2.33. The molecular weight excluding hydrogens is 432 g/mol. The predicted octanol–water partition coefficient (Wildman–Crippen LogP) is 2.73. The number of likely N-dealkylation sites (N-methyl/N-ethyl adjacent to an activating group) is 1. The second-order valence-corrected chi connectivity index (χ2v) is 9.12. The SMILES string of the molecule is COc1ccc(Cl)cc1CN(C)c1ccc(S(=O)(=O)NCCN(C)C)cc1[N+](=O)[O-]. The average molecular weight is 457 g/mol. The van der Waals surface area contributed by atoms with Gasteiger partial charge in [0.1, 0.15) is 11.4 Å². The molecule has 164 valence electrons. The third-order valence-corrected chi connectivity index (χ3v) is 6.06. The van der Waals surface area contributed by atoms with Crippen molar-refractivity contribution in [2.75, 3.05) is 46.2 Å². The molecule has 0 spiro atoms. The molecule has 30 heavy (non-hydrogen) atoms. The van der Waals surface area contributed by atoms with Gasteiger partial charge in [-0.3, -0.25) is 10.1 Å². The standard InChI is InChI=1S/C19H25ClN4O5S/c1-22(2)10-9-21-30(27,28)16-6-7-17(18(12-16)24(25)26)23(3)13-14-11-15(20)5-8-19(14)29-4/h5-8,11-12,21H,9-10,13H2,1-4H3. The van der Waals surface area contributed by atoms with Gasteiger partial charge < -0.3 is 14.5 Å². The largest absolute Gasteiger partial charge is 0.496 e. The van der Waals surface area contributed by atoms with Crippen LogP contribution in [0, 0.1) is 10.1 Å². The highest BCUT2D eigenvalue weighted by Gasteiger charge is 2.23. The summed E-state index contributed by atoms with van der Waals surface area (Å²) in [6, 6.07) is 8.97. The van der Waals surface area contributed by atoms with Crippen molar-refractivity contribution in [2.24, 2.45) is 0 Å². The van der Waals surface area contributed by atoms with Gasteiger partial charge in [-0.1, -0.05) is 11.6 Å². The number of nitro benzene ring substituents is 1. The lowest BCUT2D eigenvalue weighted by molar-refractivity contribution is -0.384. The van der Waals surface area contributed by atoms with E-state index in [4.69, 9.17) is 16.3 Å². The number of sulfonamides is 1. The van der Waals surface area contributed by atoms with Crippen molar-refractivity contribution < 1.29 is 18.1 Å². The van der Waals surface area contributed by atoms with Gasteiger partial charge in [-0.25, -0.2) is 13.1 Å². The van der Waals surface area contributed by atoms with Crippen LogP contribution in [0.25, 0.3) is 0 Å². The normalized spacial score (nSPS) is 11.5. The van der Waals surface area contributed by atoms with E-state index in [-0.39, 0.29) is 29.4 Å². The van der Waals surface area contributed by atoms with Gasteiger partial charge in [0.25, 0.3) is 5.69 Å². The van der Waals surface area contributed by atoms with Crippen LogP contribution >= 0.6 is 11.6 Å². The highest BCUT2D eigenvalue weighted by Crippen LogP contribution is 2.32. The Bertz CT molecular complexity index is 1010. The van der Waals surface area contributed by atoms with Gasteiger partial charge in [0.05, 0.1) is 16.9 Å². The van der Waals surface area contributed by atoms with Gasteiger partial charge in [0.2, 0.25) is 10.0 Å². The molecule has 0 unspecified atom stereocenters. The maximum atomic E-state index is 12.5. The molecule has 0 radical (unpaired) electrons. The van der Waals surface area contributed by atoms with E-state index in [9.17, 15) is 18.5 Å². The van der Waals surface area contributed by atoms with Crippen LogP contribution in [0.1, 0.15) is 5.56 Å². The first-order valence-electron chi connectivity index (χ1n) is 9.01. The van der Waals surface area contributed by atoms with E-state index in [1.54, 1.807) is 30.1 Å². The Morgan fingerprint density at radius 2 is 1.87 bits per heavy atom. The minimum atomic E-state index is -3.87. The maximum Gasteiger partial charge on any atom is 0.293 e. The number of nitrogens with zero attached hydrogens (tertiary/aromatic N) is 3. The van der Waals surface area contributed by atoms with E-state index in [0.29, 0.717) is 17.3 Å². The number of rotatable bonds is 10. The van der Waals surface area contributed by atoms with Gasteiger partial charge >= 0.3 is 0 Å². The van der Waals surface area contributed by atoms with Crippen LogP contribution in [0.15, 0.2) is 41.3 Å². The average Bonchev–Trinajstić information content (AvgIpc) is 2.67. The lowest BCUT2D eigenvalue weighted by Gasteiger charge is -2.21. The fraction of sp³-hybridized carbons (Fsp3) is 0.368. The number of halogens is 1. The van der Waals surface area contributed by atoms with Crippen LogP contribution in [0.3, 0.4) is 0 Å². The number of ether oxygens (including phenoxy) is 1. The Morgan fingerprint density at radius 1 is 1.17 bits per heavy atom. The quantitative estimate of drug-likeness (QED) is 0.433. The number of hydrogen-bond donors (Lipinski definition) is 1. The molecule has 0 amide bonds. The number of nitrogens with one attached hydrogen (secondary N) is 1. The first-order valence-corrected chi connectivity index (χ1v) is 10.9. The van der Waals surface area contributed by atoms with Gasteiger partial charge in [0, 0.05) is 43.3 Å². The summed E-state index contributed by atoms with van der Waals surface area (Å²) in [7, 11) is 2.97. The summed E-state index contributed by atoms with van der Waals surface area (Å²) in [4.78, 5) is 14.4.